The standard InChI is InChI=1S/C26H23N3O2S/c1-18-10-12-19(13-11-18)16-29-25(31)21-7-3-4-8-22(21)27-26(29)32-17-24(30)28-15-14-20-6-2-5-9-23(20)28/h2-13H,14-17H2,1H3. The molecular formula is C26H23N3O2S. The monoisotopic (exact) mass is 441 g/mol. The molecule has 0 N–H and O–H groups in total. The number of hydrogen-bond donors (Lipinski definition) is 0. The van der Waals surface area contributed by atoms with E-state index < -0.39 is 0 Å². The number of carbonyl (C=O) groups is 1. The normalized spacial score (nSPS) is 12.8. The van der Waals surface area contributed by atoms with Gasteiger partial charge in [0.2, 0.25) is 5.91 Å². The zero-order chi connectivity index (χ0) is 22.1. The molecule has 1 amide bonds. The van der Waals surface area contributed by atoms with E-state index >= 15 is 0 Å². The molecule has 5 rings (SSSR count). The first-order chi connectivity index (χ1) is 15.6. The van der Waals surface area contributed by atoms with E-state index in [1.165, 1.54) is 22.9 Å². The summed E-state index contributed by atoms with van der Waals surface area (Å²) in [6.45, 7) is 3.15. The Morgan fingerprint density at radius 3 is 2.59 bits per heavy atom. The Kier molecular flexibility index (Phi) is 5.53. The van der Waals surface area contributed by atoms with Crippen LogP contribution in [-0.2, 0) is 17.8 Å². The van der Waals surface area contributed by atoms with Crippen LogP contribution in [0.1, 0.15) is 16.7 Å². The summed E-state index contributed by atoms with van der Waals surface area (Å²) in [6.07, 6.45) is 0.874. The zero-order valence-corrected chi connectivity index (χ0v) is 18.6. The molecule has 0 radical (unpaired) electrons. The number of aromatic nitrogens is 2. The molecule has 0 unspecified atom stereocenters. The van der Waals surface area contributed by atoms with E-state index in [2.05, 4.69) is 6.07 Å². The van der Waals surface area contributed by atoms with Gasteiger partial charge in [-0.1, -0.05) is 71.9 Å². The minimum Gasteiger partial charge on any atom is -0.311 e. The molecule has 2 heterocycles. The topological polar surface area (TPSA) is 55.2 Å². The van der Waals surface area contributed by atoms with Crippen LogP contribution in [-0.4, -0.2) is 27.8 Å². The molecule has 0 saturated heterocycles. The number of carbonyl (C=O) groups excluding carboxylic acids is 1. The minimum absolute atomic E-state index is 0.0317. The molecule has 160 valence electrons. The lowest BCUT2D eigenvalue weighted by Gasteiger charge is -2.18. The van der Waals surface area contributed by atoms with Gasteiger partial charge in [0, 0.05) is 12.2 Å². The van der Waals surface area contributed by atoms with Crippen LogP contribution in [0.5, 0.6) is 0 Å². The molecule has 32 heavy (non-hydrogen) atoms. The molecular weight excluding hydrogens is 418 g/mol. The Bertz CT molecular complexity index is 1360. The summed E-state index contributed by atoms with van der Waals surface area (Å²) >= 11 is 1.33. The first kappa shape index (κ1) is 20.5. The third-order valence-corrected chi connectivity index (χ3v) is 6.76. The van der Waals surface area contributed by atoms with Crippen molar-refractivity contribution in [2.75, 3.05) is 17.2 Å². The van der Waals surface area contributed by atoms with Gasteiger partial charge in [-0.05, 0) is 42.7 Å². The van der Waals surface area contributed by atoms with E-state index in [9.17, 15) is 9.59 Å². The highest BCUT2D eigenvalue weighted by molar-refractivity contribution is 7.99. The van der Waals surface area contributed by atoms with Gasteiger partial charge in [-0.15, -0.1) is 0 Å². The predicted molar refractivity (Wildman–Crippen MR) is 130 cm³/mol. The largest absolute Gasteiger partial charge is 0.311 e. The fourth-order valence-corrected chi connectivity index (χ4v) is 4.95. The Morgan fingerprint density at radius 1 is 1.00 bits per heavy atom. The zero-order valence-electron chi connectivity index (χ0n) is 17.8. The SMILES string of the molecule is Cc1ccc(Cn2c(SCC(=O)N3CCc4ccccc43)nc3ccccc3c2=O)cc1. The van der Waals surface area contributed by atoms with Crippen molar-refractivity contribution in [3.8, 4) is 0 Å². The van der Waals surface area contributed by atoms with Gasteiger partial charge in [-0.2, -0.15) is 0 Å². The fourth-order valence-electron chi connectivity index (χ4n) is 4.07. The predicted octanol–water partition coefficient (Wildman–Crippen LogP) is 4.43. The third kappa shape index (κ3) is 3.94. The van der Waals surface area contributed by atoms with Crippen LogP contribution in [0.3, 0.4) is 0 Å². The summed E-state index contributed by atoms with van der Waals surface area (Å²) in [5, 5.41) is 1.15. The third-order valence-electron chi connectivity index (χ3n) is 5.80. The first-order valence-corrected chi connectivity index (χ1v) is 11.6. The highest BCUT2D eigenvalue weighted by Crippen LogP contribution is 2.29. The average molecular weight is 442 g/mol. The van der Waals surface area contributed by atoms with Gasteiger partial charge in [-0.25, -0.2) is 4.98 Å². The maximum Gasteiger partial charge on any atom is 0.262 e. The second-order valence-corrected chi connectivity index (χ2v) is 8.94. The molecule has 6 heteroatoms. The molecule has 1 aliphatic rings. The van der Waals surface area contributed by atoms with Crippen molar-refractivity contribution >= 4 is 34.3 Å². The second kappa shape index (κ2) is 8.63. The Balaban J connectivity index is 1.45. The quantitative estimate of drug-likeness (QED) is 0.340. The van der Waals surface area contributed by atoms with Crippen molar-refractivity contribution in [3.63, 3.8) is 0 Å². The second-order valence-electron chi connectivity index (χ2n) is 8.00. The average Bonchev–Trinajstić information content (AvgIpc) is 3.25. The van der Waals surface area contributed by atoms with Gasteiger partial charge in [0.05, 0.1) is 23.2 Å². The number of aryl methyl sites for hydroxylation is 1. The fraction of sp³-hybridized carbons (Fsp3) is 0.192. The van der Waals surface area contributed by atoms with Crippen LogP contribution in [0.25, 0.3) is 10.9 Å². The molecule has 0 fully saturated rings. The molecule has 0 saturated carbocycles. The van der Waals surface area contributed by atoms with Crippen LogP contribution in [0.4, 0.5) is 5.69 Å². The van der Waals surface area contributed by atoms with Gasteiger partial charge >= 0.3 is 0 Å². The summed E-state index contributed by atoms with van der Waals surface area (Å²) in [6, 6.07) is 23.5. The summed E-state index contributed by atoms with van der Waals surface area (Å²) in [7, 11) is 0. The van der Waals surface area contributed by atoms with Gasteiger partial charge in [0.15, 0.2) is 5.16 Å². The number of amides is 1. The summed E-state index contributed by atoms with van der Waals surface area (Å²) in [5.74, 6) is 0.261. The molecule has 0 aliphatic carbocycles. The molecule has 4 aromatic rings. The van der Waals surface area contributed by atoms with E-state index in [0.29, 0.717) is 29.1 Å². The minimum atomic E-state index is -0.0855. The molecule has 0 bridgehead atoms. The van der Waals surface area contributed by atoms with Crippen molar-refractivity contribution in [1.82, 2.24) is 9.55 Å². The smallest absolute Gasteiger partial charge is 0.262 e. The number of thioether (sulfide) groups is 1. The summed E-state index contributed by atoms with van der Waals surface area (Å²) in [5.41, 5.74) is 4.95. The van der Waals surface area contributed by atoms with E-state index in [4.69, 9.17) is 4.98 Å². The summed E-state index contributed by atoms with van der Waals surface area (Å²) in [4.78, 5) is 32.9. The van der Waals surface area contributed by atoms with E-state index in [0.717, 1.165) is 17.7 Å². The van der Waals surface area contributed by atoms with Crippen molar-refractivity contribution in [2.24, 2.45) is 0 Å². The Morgan fingerprint density at radius 2 is 1.75 bits per heavy atom. The highest BCUT2D eigenvalue weighted by Gasteiger charge is 2.24. The van der Waals surface area contributed by atoms with E-state index in [-0.39, 0.29) is 17.2 Å². The number of para-hydroxylation sites is 2. The number of fused-ring (bicyclic) bond motifs is 2. The molecule has 5 nitrogen and oxygen atoms in total. The van der Waals surface area contributed by atoms with Gasteiger partial charge in [0.25, 0.3) is 5.56 Å². The Labute approximate surface area is 190 Å². The molecule has 0 atom stereocenters. The van der Waals surface area contributed by atoms with E-state index in [1.54, 1.807) is 10.6 Å². The van der Waals surface area contributed by atoms with Crippen LogP contribution in [0.15, 0.2) is 82.7 Å². The number of hydrogen-bond acceptors (Lipinski definition) is 4. The maximum absolute atomic E-state index is 13.3. The van der Waals surface area contributed by atoms with Crippen LogP contribution in [0.2, 0.25) is 0 Å². The van der Waals surface area contributed by atoms with Crippen molar-refractivity contribution in [1.29, 1.82) is 0 Å². The molecule has 1 aliphatic heterocycles. The van der Waals surface area contributed by atoms with E-state index in [1.807, 2.05) is 72.5 Å². The van der Waals surface area contributed by atoms with Crippen molar-refractivity contribution in [2.45, 2.75) is 25.0 Å². The van der Waals surface area contributed by atoms with Crippen LogP contribution in [0, 0.1) is 6.92 Å². The molecule has 1 aromatic heterocycles. The van der Waals surface area contributed by atoms with Gasteiger partial charge < -0.3 is 4.90 Å². The lowest BCUT2D eigenvalue weighted by molar-refractivity contribution is -0.116. The van der Waals surface area contributed by atoms with Crippen LogP contribution < -0.4 is 10.5 Å². The number of anilines is 1. The number of nitrogens with zero attached hydrogens (tertiary/aromatic N) is 3. The van der Waals surface area contributed by atoms with Crippen molar-refractivity contribution < 1.29 is 4.79 Å². The maximum atomic E-state index is 13.3. The number of benzene rings is 3. The molecule has 0 spiro atoms. The summed E-state index contributed by atoms with van der Waals surface area (Å²) < 4.78 is 1.68. The lowest BCUT2D eigenvalue weighted by atomic mass is 10.1. The highest BCUT2D eigenvalue weighted by atomic mass is 32.2. The van der Waals surface area contributed by atoms with Gasteiger partial charge in [-0.3, -0.25) is 14.2 Å². The lowest BCUT2D eigenvalue weighted by Crippen LogP contribution is -2.31. The first-order valence-electron chi connectivity index (χ1n) is 10.7. The van der Waals surface area contributed by atoms with Crippen LogP contribution >= 0.6 is 11.8 Å². The van der Waals surface area contributed by atoms with Crippen molar-refractivity contribution in [3.05, 3.63) is 99.8 Å². The molecule has 3 aromatic carbocycles. The number of rotatable bonds is 5. The Hall–Kier alpha value is -3.38. The van der Waals surface area contributed by atoms with Gasteiger partial charge in [0.1, 0.15) is 0 Å².